The topological polar surface area (TPSA) is 0 Å². The largest absolute Gasteiger partial charge is 0.0654 e. The number of aryl methyl sites for hydroxylation is 1. The fourth-order valence-corrected chi connectivity index (χ4v) is 1.22. The van der Waals surface area contributed by atoms with Crippen LogP contribution in [-0.2, 0) is 6.42 Å². The maximum Gasteiger partial charge on any atom is 0 e. The van der Waals surface area contributed by atoms with E-state index in [1.807, 2.05) is 0 Å². The van der Waals surface area contributed by atoms with Crippen LogP contribution in [0.4, 0.5) is 0 Å². The number of hydrogen-bond donors (Lipinski definition) is 0. The van der Waals surface area contributed by atoms with Gasteiger partial charge in [0.2, 0.25) is 0 Å². The van der Waals surface area contributed by atoms with Crippen LogP contribution in [0.2, 0.25) is 0 Å². The summed E-state index contributed by atoms with van der Waals surface area (Å²) in [6.07, 6.45) is 5.25. The number of benzene rings is 1. The first-order valence-electron chi connectivity index (χ1n) is 4.47. The van der Waals surface area contributed by atoms with Gasteiger partial charge < -0.3 is 0 Å². The van der Waals surface area contributed by atoms with E-state index in [9.17, 15) is 0 Å². The highest BCUT2D eigenvalue weighted by atomic mass is 13.9. The van der Waals surface area contributed by atoms with E-state index in [1.165, 1.54) is 31.2 Å². The van der Waals surface area contributed by atoms with E-state index in [0.717, 1.165) is 0 Å². The van der Waals surface area contributed by atoms with Crippen LogP contribution in [-0.4, -0.2) is 0 Å². The summed E-state index contributed by atoms with van der Waals surface area (Å²) in [5, 5.41) is 0. The Morgan fingerprint density at radius 1 is 1.09 bits per heavy atom. The van der Waals surface area contributed by atoms with Crippen LogP contribution in [0.3, 0.4) is 0 Å². The first-order valence-corrected chi connectivity index (χ1v) is 4.47. The second-order valence-electron chi connectivity index (χ2n) is 2.94. The van der Waals surface area contributed by atoms with Gasteiger partial charge in [0.15, 0.2) is 0 Å². The average molecular weight is 150 g/mol. The van der Waals surface area contributed by atoms with Gasteiger partial charge in [0.05, 0.1) is 0 Å². The molecule has 0 heterocycles. The smallest absolute Gasteiger partial charge is 0 e. The highest BCUT2D eigenvalue weighted by Gasteiger charge is 1.89. The molecule has 11 heavy (non-hydrogen) atoms. The molecule has 62 valence electrons. The molecule has 0 N–H and O–H groups in total. The standard InChI is InChI=1S/C11H16.H2/c1-2-3-5-8-11-9-6-4-7-10-11;/h4,6-7,9-10H,2-3,5,8H2,1H3;1H. The highest BCUT2D eigenvalue weighted by molar-refractivity contribution is 5.14. The van der Waals surface area contributed by atoms with Gasteiger partial charge in [0.25, 0.3) is 0 Å². The zero-order valence-electron chi connectivity index (χ0n) is 7.22. The lowest BCUT2D eigenvalue weighted by Crippen LogP contribution is -1.83. The van der Waals surface area contributed by atoms with Crippen molar-refractivity contribution in [2.24, 2.45) is 0 Å². The lowest BCUT2D eigenvalue weighted by molar-refractivity contribution is 0.717. The van der Waals surface area contributed by atoms with Gasteiger partial charge in [0, 0.05) is 1.43 Å². The quantitative estimate of drug-likeness (QED) is 0.574. The van der Waals surface area contributed by atoms with E-state index in [4.69, 9.17) is 0 Å². The summed E-state index contributed by atoms with van der Waals surface area (Å²) in [4.78, 5) is 0. The first kappa shape index (κ1) is 8.32. The van der Waals surface area contributed by atoms with Gasteiger partial charge in [-0.25, -0.2) is 0 Å². The van der Waals surface area contributed by atoms with Crippen LogP contribution in [0.25, 0.3) is 0 Å². The van der Waals surface area contributed by atoms with E-state index >= 15 is 0 Å². The Hall–Kier alpha value is -0.780. The van der Waals surface area contributed by atoms with Crippen LogP contribution >= 0.6 is 0 Å². The Balaban J connectivity index is 0.00000121. The molecule has 1 aromatic carbocycles. The zero-order valence-corrected chi connectivity index (χ0v) is 7.22. The number of unbranched alkanes of at least 4 members (excludes halogenated alkanes) is 2. The van der Waals surface area contributed by atoms with Gasteiger partial charge in [-0.05, 0) is 18.4 Å². The molecule has 0 spiro atoms. The predicted octanol–water partition coefficient (Wildman–Crippen LogP) is 3.67. The minimum absolute atomic E-state index is 0. The van der Waals surface area contributed by atoms with E-state index in [0.29, 0.717) is 0 Å². The highest BCUT2D eigenvalue weighted by Crippen LogP contribution is 2.05. The summed E-state index contributed by atoms with van der Waals surface area (Å²) in [6.45, 7) is 2.24. The van der Waals surface area contributed by atoms with E-state index in [-0.39, 0.29) is 1.43 Å². The van der Waals surface area contributed by atoms with Crippen molar-refractivity contribution < 1.29 is 1.43 Å². The van der Waals surface area contributed by atoms with Gasteiger partial charge in [-0.3, -0.25) is 0 Å². The summed E-state index contributed by atoms with van der Waals surface area (Å²) in [6, 6.07) is 10.7. The van der Waals surface area contributed by atoms with Crippen molar-refractivity contribution in [3.05, 3.63) is 35.9 Å². The monoisotopic (exact) mass is 150 g/mol. The third-order valence-electron chi connectivity index (χ3n) is 1.91. The fourth-order valence-electron chi connectivity index (χ4n) is 1.22. The van der Waals surface area contributed by atoms with Crippen molar-refractivity contribution in [1.82, 2.24) is 0 Å². The molecule has 0 aliphatic carbocycles. The molecule has 0 saturated carbocycles. The Kier molecular flexibility index (Phi) is 3.74. The molecule has 0 radical (unpaired) electrons. The lowest BCUT2D eigenvalue weighted by Gasteiger charge is -1.98. The Bertz CT molecular complexity index is 181. The molecule has 1 rings (SSSR count). The van der Waals surface area contributed by atoms with Gasteiger partial charge in [0.1, 0.15) is 0 Å². The molecule has 0 fully saturated rings. The molecule has 0 heteroatoms. The van der Waals surface area contributed by atoms with E-state index in [1.54, 1.807) is 0 Å². The van der Waals surface area contributed by atoms with Crippen molar-refractivity contribution in [3.63, 3.8) is 0 Å². The molecule has 0 bridgehead atoms. The van der Waals surface area contributed by atoms with Crippen molar-refractivity contribution in [1.29, 1.82) is 0 Å². The number of rotatable bonds is 4. The third-order valence-corrected chi connectivity index (χ3v) is 1.91. The average Bonchev–Trinajstić information content (AvgIpc) is 2.07. The minimum atomic E-state index is 0. The van der Waals surface area contributed by atoms with E-state index in [2.05, 4.69) is 37.3 Å². The molecule has 1 aromatic rings. The summed E-state index contributed by atoms with van der Waals surface area (Å²) in [5.41, 5.74) is 1.47. The van der Waals surface area contributed by atoms with Gasteiger partial charge in [-0.2, -0.15) is 0 Å². The summed E-state index contributed by atoms with van der Waals surface area (Å²) in [7, 11) is 0. The molecule has 0 amide bonds. The molecule has 0 nitrogen and oxygen atoms in total. The minimum Gasteiger partial charge on any atom is -0.0654 e. The van der Waals surface area contributed by atoms with Gasteiger partial charge in [-0.1, -0.05) is 50.1 Å². The third kappa shape index (κ3) is 3.22. The molecule has 0 unspecified atom stereocenters. The van der Waals surface area contributed by atoms with Crippen LogP contribution in [0, 0.1) is 0 Å². The van der Waals surface area contributed by atoms with Crippen LogP contribution in [0.15, 0.2) is 30.3 Å². The van der Waals surface area contributed by atoms with Crippen LogP contribution < -0.4 is 0 Å². The summed E-state index contributed by atoms with van der Waals surface area (Å²) < 4.78 is 0. The number of hydrogen-bond acceptors (Lipinski definition) is 0. The Labute approximate surface area is 70.7 Å². The molecule has 0 saturated heterocycles. The predicted molar refractivity (Wildman–Crippen MR) is 51.8 cm³/mol. The van der Waals surface area contributed by atoms with E-state index < -0.39 is 0 Å². The fraction of sp³-hybridized carbons (Fsp3) is 0.455. The van der Waals surface area contributed by atoms with Crippen molar-refractivity contribution in [3.8, 4) is 0 Å². The van der Waals surface area contributed by atoms with Crippen LogP contribution in [0.5, 0.6) is 0 Å². The van der Waals surface area contributed by atoms with Gasteiger partial charge in [-0.15, -0.1) is 0 Å². The molecule has 0 aliphatic rings. The van der Waals surface area contributed by atoms with Crippen molar-refractivity contribution in [2.75, 3.05) is 0 Å². The van der Waals surface area contributed by atoms with Crippen LogP contribution in [0.1, 0.15) is 33.2 Å². The van der Waals surface area contributed by atoms with Crippen molar-refractivity contribution >= 4 is 0 Å². The first-order chi connectivity index (χ1) is 5.43. The SMILES string of the molecule is CCCCCc1ccccc1.[HH]. The summed E-state index contributed by atoms with van der Waals surface area (Å²) >= 11 is 0. The van der Waals surface area contributed by atoms with Gasteiger partial charge >= 0.3 is 0 Å². The Morgan fingerprint density at radius 2 is 1.82 bits per heavy atom. The molecule has 0 aromatic heterocycles. The lowest BCUT2D eigenvalue weighted by atomic mass is 10.1. The molecular formula is C11H18. The second kappa shape index (κ2) is 4.95. The molecular weight excluding hydrogens is 132 g/mol. The second-order valence-corrected chi connectivity index (χ2v) is 2.94. The maximum atomic E-state index is 2.24. The molecule has 0 aliphatic heterocycles. The molecule has 0 atom stereocenters. The zero-order chi connectivity index (χ0) is 7.94. The summed E-state index contributed by atoms with van der Waals surface area (Å²) in [5.74, 6) is 0. The Morgan fingerprint density at radius 3 is 2.45 bits per heavy atom. The van der Waals surface area contributed by atoms with Crippen molar-refractivity contribution in [2.45, 2.75) is 32.6 Å². The maximum absolute atomic E-state index is 2.24. The normalized spacial score (nSPS) is 9.91.